The molecular weight excluding hydrogens is 168 g/mol. The maximum atomic E-state index is 9.21. The van der Waals surface area contributed by atoms with Crippen LogP contribution in [0.25, 0.3) is 0 Å². The number of aliphatic hydroxyl groups is 5. The smallest absolute Gasteiger partial charge is 0.224 e. The Bertz CT molecular complexity index is 212. The van der Waals surface area contributed by atoms with E-state index in [1.807, 2.05) is 0 Å². The van der Waals surface area contributed by atoms with Crippen molar-refractivity contribution in [2.24, 2.45) is 0 Å². The highest BCUT2D eigenvalue weighted by Crippen LogP contribution is 2.24. The number of hydrogen-bond donors (Lipinski definition) is 5. The molecule has 1 aliphatic rings. The predicted octanol–water partition coefficient (Wildman–Crippen LogP) is -1.61. The summed E-state index contributed by atoms with van der Waals surface area (Å²) in [4.78, 5) is 0. The maximum absolute atomic E-state index is 9.21. The van der Waals surface area contributed by atoms with Gasteiger partial charge in [-0.25, -0.2) is 0 Å². The van der Waals surface area contributed by atoms with Crippen molar-refractivity contribution in [1.82, 2.24) is 0 Å². The van der Waals surface area contributed by atoms with E-state index in [0.717, 1.165) is 0 Å². The van der Waals surface area contributed by atoms with Crippen LogP contribution < -0.4 is 0 Å². The average molecular weight is 178 g/mol. The van der Waals surface area contributed by atoms with Gasteiger partial charge in [0, 0.05) is 0 Å². The maximum Gasteiger partial charge on any atom is 0.224 e. The fourth-order valence-electron chi connectivity index (χ4n) is 0.850. The van der Waals surface area contributed by atoms with Crippen molar-refractivity contribution in [3.05, 3.63) is 11.5 Å². The number of aliphatic hydroxyl groups excluding tert-OH is 4. The zero-order valence-electron chi connectivity index (χ0n) is 6.14. The second kappa shape index (κ2) is 2.91. The Hall–Kier alpha value is -0.820. The van der Waals surface area contributed by atoms with Gasteiger partial charge in [0.2, 0.25) is 5.79 Å². The van der Waals surface area contributed by atoms with Crippen LogP contribution in [-0.4, -0.2) is 50.6 Å². The van der Waals surface area contributed by atoms with Crippen molar-refractivity contribution in [3.8, 4) is 0 Å². The Kier molecular flexibility index (Phi) is 2.25. The first-order valence-electron chi connectivity index (χ1n) is 3.27. The summed E-state index contributed by atoms with van der Waals surface area (Å²) in [7, 11) is 0. The van der Waals surface area contributed by atoms with Crippen molar-refractivity contribution in [2.45, 2.75) is 11.9 Å². The van der Waals surface area contributed by atoms with Gasteiger partial charge in [-0.05, 0) is 0 Å². The fourth-order valence-corrected chi connectivity index (χ4v) is 0.850. The van der Waals surface area contributed by atoms with E-state index in [1.54, 1.807) is 0 Å². The highest BCUT2D eigenvalue weighted by atomic mass is 16.7. The van der Waals surface area contributed by atoms with Crippen molar-refractivity contribution >= 4 is 0 Å². The van der Waals surface area contributed by atoms with Crippen molar-refractivity contribution in [2.75, 3.05) is 13.2 Å². The molecule has 1 heterocycles. The molecule has 0 amide bonds. The first-order valence-corrected chi connectivity index (χ1v) is 3.27. The third-order valence-electron chi connectivity index (χ3n) is 1.67. The van der Waals surface area contributed by atoms with E-state index in [9.17, 15) is 5.11 Å². The highest BCUT2D eigenvalue weighted by Gasteiger charge is 2.44. The van der Waals surface area contributed by atoms with Crippen LogP contribution in [0.3, 0.4) is 0 Å². The summed E-state index contributed by atoms with van der Waals surface area (Å²) >= 11 is 0. The SMILES string of the molecule is OCC1(O)OCC(O)=C(O)C1O. The second-order valence-corrected chi connectivity index (χ2v) is 2.53. The zero-order valence-corrected chi connectivity index (χ0v) is 6.14. The normalized spacial score (nSPS) is 37.1. The van der Waals surface area contributed by atoms with E-state index >= 15 is 0 Å². The monoisotopic (exact) mass is 178 g/mol. The molecule has 1 rings (SSSR count). The van der Waals surface area contributed by atoms with Gasteiger partial charge in [0.05, 0.1) is 0 Å². The van der Waals surface area contributed by atoms with Gasteiger partial charge in [-0.1, -0.05) is 0 Å². The van der Waals surface area contributed by atoms with Gasteiger partial charge >= 0.3 is 0 Å². The Morgan fingerprint density at radius 1 is 1.50 bits per heavy atom. The van der Waals surface area contributed by atoms with Crippen LogP contribution >= 0.6 is 0 Å². The molecule has 6 nitrogen and oxygen atoms in total. The van der Waals surface area contributed by atoms with E-state index in [1.165, 1.54) is 0 Å². The Balaban J connectivity index is 2.90. The summed E-state index contributed by atoms with van der Waals surface area (Å²) in [6.45, 7) is -1.31. The van der Waals surface area contributed by atoms with Gasteiger partial charge in [0.15, 0.2) is 17.6 Å². The molecular formula is C6H10O6. The van der Waals surface area contributed by atoms with Crippen LogP contribution in [0.4, 0.5) is 0 Å². The molecule has 0 aliphatic carbocycles. The van der Waals surface area contributed by atoms with Crippen LogP contribution in [0.5, 0.6) is 0 Å². The summed E-state index contributed by atoms with van der Waals surface area (Å²) in [5.41, 5.74) is 0. The Morgan fingerprint density at radius 3 is 2.58 bits per heavy atom. The molecule has 6 heteroatoms. The molecule has 0 fully saturated rings. The van der Waals surface area contributed by atoms with Crippen LogP contribution in [0.2, 0.25) is 0 Å². The molecule has 0 aromatic heterocycles. The lowest BCUT2D eigenvalue weighted by Crippen LogP contribution is -2.52. The van der Waals surface area contributed by atoms with E-state index in [-0.39, 0.29) is 0 Å². The van der Waals surface area contributed by atoms with Gasteiger partial charge in [-0.2, -0.15) is 0 Å². The molecule has 1 aliphatic heterocycles. The number of hydrogen-bond acceptors (Lipinski definition) is 6. The third-order valence-corrected chi connectivity index (χ3v) is 1.67. The predicted molar refractivity (Wildman–Crippen MR) is 36.3 cm³/mol. The van der Waals surface area contributed by atoms with Crippen molar-refractivity contribution < 1.29 is 30.3 Å². The topological polar surface area (TPSA) is 110 Å². The average Bonchev–Trinajstić information content (AvgIpc) is 2.09. The first kappa shape index (κ1) is 9.27. The first-order chi connectivity index (χ1) is 5.51. The number of rotatable bonds is 1. The third kappa shape index (κ3) is 1.25. The molecule has 0 aromatic carbocycles. The molecule has 0 spiro atoms. The standard InChI is InChI=1S/C6H10O6/c7-2-6(11)5(10)4(9)3(8)1-12-6/h5,7-11H,1-2H2. The molecule has 0 bridgehead atoms. The molecule has 5 N–H and O–H groups in total. The van der Waals surface area contributed by atoms with Gasteiger partial charge in [-0.3, -0.25) is 0 Å². The largest absolute Gasteiger partial charge is 0.506 e. The second-order valence-electron chi connectivity index (χ2n) is 2.53. The lowest BCUT2D eigenvalue weighted by molar-refractivity contribution is -0.277. The zero-order chi connectivity index (χ0) is 9.35. The van der Waals surface area contributed by atoms with Crippen LogP contribution in [0.1, 0.15) is 0 Å². The van der Waals surface area contributed by atoms with E-state index < -0.39 is 36.6 Å². The van der Waals surface area contributed by atoms with E-state index in [0.29, 0.717) is 0 Å². The van der Waals surface area contributed by atoms with Gasteiger partial charge in [0.25, 0.3) is 0 Å². The van der Waals surface area contributed by atoms with Gasteiger partial charge in [0.1, 0.15) is 13.2 Å². The summed E-state index contributed by atoms with van der Waals surface area (Å²) in [5, 5.41) is 44.6. The molecule has 0 aromatic rings. The minimum absolute atomic E-state index is 0.444. The van der Waals surface area contributed by atoms with Crippen LogP contribution in [0, 0.1) is 0 Å². The minimum atomic E-state index is -2.23. The highest BCUT2D eigenvalue weighted by molar-refractivity contribution is 5.12. The summed E-state index contributed by atoms with van der Waals surface area (Å²) < 4.78 is 4.50. The summed E-state index contributed by atoms with van der Waals surface area (Å²) in [5.74, 6) is -3.56. The molecule has 2 atom stereocenters. The number of ether oxygens (including phenoxy) is 1. The van der Waals surface area contributed by atoms with Crippen molar-refractivity contribution in [3.63, 3.8) is 0 Å². The molecule has 70 valence electrons. The van der Waals surface area contributed by atoms with Gasteiger partial charge in [-0.15, -0.1) is 0 Å². The summed E-state index contributed by atoms with van der Waals surface area (Å²) in [6.07, 6.45) is -1.82. The minimum Gasteiger partial charge on any atom is -0.506 e. The molecule has 2 unspecified atom stereocenters. The summed E-state index contributed by atoms with van der Waals surface area (Å²) in [6, 6.07) is 0. The molecule has 0 saturated carbocycles. The van der Waals surface area contributed by atoms with Gasteiger partial charge < -0.3 is 30.3 Å². The lowest BCUT2D eigenvalue weighted by Gasteiger charge is -2.33. The van der Waals surface area contributed by atoms with E-state index in [4.69, 9.17) is 20.4 Å². The Labute approximate surface area is 68.0 Å². The van der Waals surface area contributed by atoms with Crippen molar-refractivity contribution in [1.29, 1.82) is 0 Å². The van der Waals surface area contributed by atoms with E-state index in [2.05, 4.69) is 4.74 Å². The fraction of sp³-hybridized carbons (Fsp3) is 0.667. The quantitative estimate of drug-likeness (QED) is 0.330. The lowest BCUT2D eigenvalue weighted by atomic mass is 10.1. The molecule has 0 radical (unpaired) electrons. The van der Waals surface area contributed by atoms with Crippen LogP contribution in [-0.2, 0) is 4.74 Å². The molecule has 12 heavy (non-hydrogen) atoms. The Morgan fingerprint density at radius 2 is 2.08 bits per heavy atom. The van der Waals surface area contributed by atoms with Crippen LogP contribution in [0.15, 0.2) is 11.5 Å². The molecule has 0 saturated heterocycles.